The summed E-state index contributed by atoms with van der Waals surface area (Å²) in [6.45, 7) is 8.35. The topological polar surface area (TPSA) is 52.2 Å². The number of carbonyl (C=O) groups excluding carboxylic acids is 1. The number of carbonyl (C=O) groups is 1. The maximum Gasteiger partial charge on any atom is 0.300 e. The van der Waals surface area contributed by atoms with E-state index in [1.807, 2.05) is 36.6 Å². The van der Waals surface area contributed by atoms with Crippen LogP contribution in [0.15, 0.2) is 48.1 Å². The molecule has 0 atom stereocenters. The van der Waals surface area contributed by atoms with Crippen molar-refractivity contribution >= 4 is 39.1 Å². The van der Waals surface area contributed by atoms with Gasteiger partial charge in [-0.25, -0.2) is 0 Å². The fourth-order valence-corrected chi connectivity index (χ4v) is 3.64. The number of aromatic nitrogens is 3. The predicted octanol–water partition coefficient (Wildman–Crippen LogP) is 4.06. The number of halogens is 1. The number of hydrogen-bond donors (Lipinski definition) is 0. The second-order valence-electron chi connectivity index (χ2n) is 5.59. The van der Waals surface area contributed by atoms with Crippen molar-refractivity contribution in [1.29, 1.82) is 0 Å². The number of thiazole rings is 1. The van der Waals surface area contributed by atoms with Crippen molar-refractivity contribution in [2.24, 2.45) is 4.99 Å². The van der Waals surface area contributed by atoms with Gasteiger partial charge in [-0.05, 0) is 38.1 Å². The first-order chi connectivity index (χ1) is 11.5. The molecule has 24 heavy (non-hydrogen) atoms. The Kier molecular flexibility index (Phi) is 4.69. The zero-order valence-electron chi connectivity index (χ0n) is 13.4. The molecule has 1 aromatic carbocycles. The Hall–Kier alpha value is -2.18. The van der Waals surface area contributed by atoms with Gasteiger partial charge in [-0.1, -0.05) is 29.0 Å². The van der Waals surface area contributed by atoms with E-state index < -0.39 is 0 Å². The summed E-state index contributed by atoms with van der Waals surface area (Å²) in [5.74, 6) is -0.357. The lowest BCUT2D eigenvalue weighted by Crippen LogP contribution is -2.16. The van der Waals surface area contributed by atoms with Crippen molar-refractivity contribution in [3.05, 3.63) is 58.6 Å². The fourth-order valence-electron chi connectivity index (χ4n) is 2.32. The number of benzene rings is 1. The third kappa shape index (κ3) is 3.20. The van der Waals surface area contributed by atoms with Gasteiger partial charge in [-0.3, -0.25) is 9.48 Å². The molecule has 0 spiro atoms. The maximum atomic E-state index is 12.4. The monoisotopic (exact) mass is 360 g/mol. The van der Waals surface area contributed by atoms with E-state index in [4.69, 9.17) is 11.6 Å². The molecule has 0 saturated heterocycles. The first kappa shape index (κ1) is 16.7. The molecule has 0 N–H and O–H groups in total. The molecule has 5 nitrogen and oxygen atoms in total. The average Bonchev–Trinajstić information content (AvgIpc) is 3.13. The van der Waals surface area contributed by atoms with Crippen LogP contribution >= 0.6 is 22.9 Å². The largest absolute Gasteiger partial charge is 0.312 e. The Morgan fingerprint density at radius 3 is 2.92 bits per heavy atom. The van der Waals surface area contributed by atoms with Crippen LogP contribution in [0, 0.1) is 0 Å². The van der Waals surface area contributed by atoms with Crippen molar-refractivity contribution in [2.75, 3.05) is 0 Å². The highest BCUT2D eigenvalue weighted by Crippen LogP contribution is 2.22. The van der Waals surface area contributed by atoms with Gasteiger partial charge in [0, 0.05) is 23.8 Å². The summed E-state index contributed by atoms with van der Waals surface area (Å²) in [6, 6.07) is 7.51. The molecular formula is C17H17ClN4OS. The van der Waals surface area contributed by atoms with Gasteiger partial charge in [-0.2, -0.15) is 10.1 Å². The summed E-state index contributed by atoms with van der Waals surface area (Å²) >= 11 is 7.48. The van der Waals surface area contributed by atoms with E-state index in [0.29, 0.717) is 22.1 Å². The molecule has 2 heterocycles. The minimum atomic E-state index is -0.357. The molecule has 1 amide bonds. The van der Waals surface area contributed by atoms with E-state index in [9.17, 15) is 4.79 Å². The van der Waals surface area contributed by atoms with Crippen LogP contribution in [0.1, 0.15) is 30.4 Å². The number of allylic oxidation sites excluding steroid dienone is 1. The van der Waals surface area contributed by atoms with Gasteiger partial charge in [0.2, 0.25) is 0 Å². The van der Waals surface area contributed by atoms with Crippen LogP contribution < -0.4 is 4.80 Å². The third-order valence-corrected chi connectivity index (χ3v) is 4.79. The minimum Gasteiger partial charge on any atom is -0.312 e. The number of hydrogen-bond acceptors (Lipinski definition) is 3. The summed E-state index contributed by atoms with van der Waals surface area (Å²) in [7, 11) is 0. The van der Waals surface area contributed by atoms with Crippen LogP contribution in [0.3, 0.4) is 0 Å². The summed E-state index contributed by atoms with van der Waals surface area (Å²) in [5.41, 5.74) is 1.31. The van der Waals surface area contributed by atoms with Crippen LogP contribution in [0.5, 0.6) is 0 Å². The first-order valence-electron chi connectivity index (χ1n) is 7.53. The molecule has 0 fully saturated rings. The molecule has 7 heteroatoms. The summed E-state index contributed by atoms with van der Waals surface area (Å²) in [6.07, 6.45) is 3.56. The molecule has 0 radical (unpaired) electrons. The quantitative estimate of drug-likeness (QED) is 0.659. The Labute approximate surface area is 148 Å². The Bertz CT molecular complexity index is 980. The van der Waals surface area contributed by atoms with E-state index in [1.54, 1.807) is 23.0 Å². The van der Waals surface area contributed by atoms with E-state index in [1.165, 1.54) is 11.3 Å². The molecule has 0 saturated carbocycles. The fraction of sp³-hybridized carbons (Fsp3) is 0.235. The van der Waals surface area contributed by atoms with Crippen molar-refractivity contribution in [3.63, 3.8) is 0 Å². The van der Waals surface area contributed by atoms with E-state index in [2.05, 4.69) is 16.7 Å². The van der Waals surface area contributed by atoms with Crippen LogP contribution in [0.4, 0.5) is 0 Å². The second kappa shape index (κ2) is 6.75. The number of amides is 1. The van der Waals surface area contributed by atoms with E-state index >= 15 is 0 Å². The third-order valence-electron chi connectivity index (χ3n) is 3.51. The number of fused-ring (bicyclic) bond motifs is 1. The normalized spacial score (nSPS) is 12.2. The Balaban J connectivity index is 2.09. The predicted molar refractivity (Wildman–Crippen MR) is 97.5 cm³/mol. The molecule has 0 aliphatic heterocycles. The highest BCUT2D eigenvalue weighted by molar-refractivity contribution is 7.16. The van der Waals surface area contributed by atoms with Gasteiger partial charge in [0.15, 0.2) is 10.5 Å². The van der Waals surface area contributed by atoms with Crippen molar-refractivity contribution in [1.82, 2.24) is 14.3 Å². The van der Waals surface area contributed by atoms with E-state index in [-0.39, 0.29) is 11.9 Å². The Morgan fingerprint density at radius 2 is 2.25 bits per heavy atom. The molecule has 0 unspecified atom stereocenters. The highest BCUT2D eigenvalue weighted by atomic mass is 35.5. The van der Waals surface area contributed by atoms with Gasteiger partial charge in [-0.15, -0.1) is 6.58 Å². The van der Waals surface area contributed by atoms with Crippen LogP contribution in [-0.2, 0) is 6.54 Å². The molecular weight excluding hydrogens is 344 g/mol. The molecule has 0 aliphatic rings. The number of nitrogens with zero attached hydrogens (tertiary/aromatic N) is 4. The lowest BCUT2D eigenvalue weighted by atomic mass is 10.3. The summed E-state index contributed by atoms with van der Waals surface area (Å²) in [4.78, 5) is 17.3. The van der Waals surface area contributed by atoms with Gasteiger partial charge in [0.1, 0.15) is 0 Å². The molecule has 124 valence electrons. The molecule has 2 aromatic heterocycles. The minimum absolute atomic E-state index is 0.198. The second-order valence-corrected chi connectivity index (χ2v) is 7.03. The standard InChI is InChI=1S/C17H17ClN4OS/c1-4-8-21-14-6-5-12(18)10-15(14)24-17(21)19-16(23)13-7-9-22(20-13)11(2)3/h4-7,9-11H,1,8H2,2-3H3. The SMILES string of the molecule is C=CCn1c(=NC(=O)c2ccn(C(C)C)n2)sc2cc(Cl)ccc21. The van der Waals surface area contributed by atoms with Gasteiger partial charge < -0.3 is 4.57 Å². The number of rotatable bonds is 4. The van der Waals surface area contributed by atoms with Crippen molar-refractivity contribution < 1.29 is 4.79 Å². The van der Waals surface area contributed by atoms with Crippen LogP contribution in [0.2, 0.25) is 5.02 Å². The van der Waals surface area contributed by atoms with Crippen molar-refractivity contribution in [3.8, 4) is 0 Å². The molecule has 3 aromatic rings. The van der Waals surface area contributed by atoms with Gasteiger partial charge in [0.05, 0.1) is 10.2 Å². The lowest BCUT2D eigenvalue weighted by Gasteiger charge is -2.02. The summed E-state index contributed by atoms with van der Waals surface area (Å²) < 4.78 is 4.66. The van der Waals surface area contributed by atoms with Gasteiger partial charge in [0.25, 0.3) is 5.91 Å². The smallest absolute Gasteiger partial charge is 0.300 e. The summed E-state index contributed by atoms with van der Waals surface area (Å²) in [5, 5.41) is 4.93. The maximum absolute atomic E-state index is 12.4. The average molecular weight is 361 g/mol. The molecule has 3 rings (SSSR count). The Morgan fingerprint density at radius 1 is 1.46 bits per heavy atom. The lowest BCUT2D eigenvalue weighted by molar-refractivity contribution is 0.0992. The highest BCUT2D eigenvalue weighted by Gasteiger charge is 2.12. The van der Waals surface area contributed by atoms with E-state index in [0.717, 1.165) is 10.2 Å². The van der Waals surface area contributed by atoms with Crippen LogP contribution in [0.25, 0.3) is 10.2 Å². The van der Waals surface area contributed by atoms with Crippen molar-refractivity contribution in [2.45, 2.75) is 26.4 Å². The first-order valence-corrected chi connectivity index (χ1v) is 8.73. The molecule has 0 bridgehead atoms. The zero-order chi connectivity index (χ0) is 17.3. The van der Waals surface area contributed by atoms with Gasteiger partial charge >= 0.3 is 0 Å². The van der Waals surface area contributed by atoms with Crippen LogP contribution in [-0.4, -0.2) is 20.3 Å². The molecule has 0 aliphatic carbocycles. The zero-order valence-corrected chi connectivity index (χ0v) is 15.0.